The van der Waals surface area contributed by atoms with Crippen LogP contribution >= 0.6 is 0 Å². The van der Waals surface area contributed by atoms with Gasteiger partial charge in [-0.3, -0.25) is 9.59 Å². The molecule has 0 radical (unpaired) electrons. The van der Waals surface area contributed by atoms with Crippen molar-refractivity contribution in [2.75, 3.05) is 13.7 Å². The molecule has 27 heavy (non-hydrogen) atoms. The van der Waals surface area contributed by atoms with Crippen LogP contribution in [0.1, 0.15) is 79.6 Å². The summed E-state index contributed by atoms with van der Waals surface area (Å²) in [5.74, 6) is -0.362. The lowest BCUT2D eigenvalue weighted by Crippen LogP contribution is -2.44. The summed E-state index contributed by atoms with van der Waals surface area (Å²) < 4.78 is 6.71. The lowest BCUT2D eigenvalue weighted by Gasteiger charge is -2.29. The summed E-state index contributed by atoms with van der Waals surface area (Å²) in [6, 6.07) is -0.577. The minimum atomic E-state index is -0.577. The van der Waals surface area contributed by atoms with E-state index in [4.69, 9.17) is 4.74 Å². The summed E-state index contributed by atoms with van der Waals surface area (Å²) in [5, 5.41) is 0. The average molecular weight is 379 g/mol. The second kappa shape index (κ2) is 9.72. The molecule has 0 bridgehead atoms. The van der Waals surface area contributed by atoms with Crippen LogP contribution in [0.2, 0.25) is 0 Å². The van der Waals surface area contributed by atoms with Crippen LogP contribution in [0.15, 0.2) is 0 Å². The zero-order valence-electron chi connectivity index (χ0n) is 18.0. The molecule has 0 N–H and O–H groups in total. The zero-order chi connectivity index (χ0) is 20.9. The van der Waals surface area contributed by atoms with E-state index in [1.807, 2.05) is 34.6 Å². The zero-order valence-corrected chi connectivity index (χ0v) is 18.0. The molecule has 1 aromatic heterocycles. The second-order valence-electron chi connectivity index (χ2n) is 7.40. The number of ether oxygens (including phenoxy) is 1. The number of hydrogen-bond acceptors (Lipinski definition) is 4. The van der Waals surface area contributed by atoms with Crippen molar-refractivity contribution in [2.24, 2.45) is 5.92 Å². The first kappa shape index (κ1) is 22.9. The molecule has 6 heteroatoms. The predicted octanol–water partition coefficient (Wildman–Crippen LogP) is 3.77. The molecular weight excluding hydrogens is 344 g/mol. The fraction of sp³-hybridized carbons (Fsp3) is 0.667. The van der Waals surface area contributed by atoms with Gasteiger partial charge in [0.15, 0.2) is 5.78 Å². The lowest BCUT2D eigenvalue weighted by atomic mass is 9.99. The monoisotopic (exact) mass is 378 g/mol. The van der Waals surface area contributed by atoms with Crippen LogP contribution < -0.4 is 0 Å². The fourth-order valence-corrected chi connectivity index (χ4v) is 3.61. The third-order valence-electron chi connectivity index (χ3n) is 4.92. The summed E-state index contributed by atoms with van der Waals surface area (Å²) in [4.78, 5) is 39.9. The molecule has 1 heterocycles. The van der Waals surface area contributed by atoms with E-state index in [1.165, 1.54) is 7.11 Å². The van der Waals surface area contributed by atoms with Gasteiger partial charge in [-0.1, -0.05) is 20.8 Å². The van der Waals surface area contributed by atoms with Crippen LogP contribution in [0.3, 0.4) is 0 Å². The SMILES string of the molecule is CCCN(C(=O)CC(C)C)C(C)C(=O)c1c(C)c(C(=O)OC)n(CC)c1C. The Bertz CT molecular complexity index is 704. The van der Waals surface area contributed by atoms with Crippen LogP contribution in [0.4, 0.5) is 0 Å². The van der Waals surface area contributed by atoms with E-state index < -0.39 is 12.0 Å². The normalized spacial score (nSPS) is 12.2. The largest absolute Gasteiger partial charge is 0.464 e. The Kier molecular flexibility index (Phi) is 8.25. The minimum Gasteiger partial charge on any atom is -0.464 e. The maximum atomic E-state index is 13.3. The van der Waals surface area contributed by atoms with Crippen molar-refractivity contribution in [3.63, 3.8) is 0 Å². The molecule has 0 aromatic carbocycles. The molecule has 0 saturated heterocycles. The Morgan fingerprint density at radius 3 is 2.15 bits per heavy atom. The van der Waals surface area contributed by atoms with Crippen LogP contribution in [0.5, 0.6) is 0 Å². The van der Waals surface area contributed by atoms with Crippen LogP contribution in [0, 0.1) is 19.8 Å². The summed E-state index contributed by atoms with van der Waals surface area (Å²) in [6.07, 6.45) is 1.20. The smallest absolute Gasteiger partial charge is 0.354 e. The third-order valence-corrected chi connectivity index (χ3v) is 4.92. The van der Waals surface area contributed by atoms with E-state index in [0.717, 1.165) is 12.1 Å². The van der Waals surface area contributed by atoms with E-state index in [0.29, 0.717) is 36.3 Å². The third kappa shape index (κ3) is 4.79. The van der Waals surface area contributed by atoms with Gasteiger partial charge in [-0.15, -0.1) is 0 Å². The molecule has 0 saturated carbocycles. The summed E-state index contributed by atoms with van der Waals surface area (Å²) in [5.41, 5.74) is 2.28. The molecule has 1 rings (SSSR count). The number of Topliss-reactive ketones (excluding diaryl/α,β-unsaturated/α-hetero) is 1. The summed E-state index contributed by atoms with van der Waals surface area (Å²) in [7, 11) is 1.34. The van der Waals surface area contributed by atoms with Crippen LogP contribution in [-0.2, 0) is 16.1 Å². The lowest BCUT2D eigenvalue weighted by molar-refractivity contribution is -0.133. The average Bonchev–Trinajstić information content (AvgIpc) is 2.86. The maximum absolute atomic E-state index is 13.3. The molecule has 0 spiro atoms. The quantitative estimate of drug-likeness (QED) is 0.484. The van der Waals surface area contributed by atoms with Crippen LogP contribution in [-0.4, -0.2) is 46.8 Å². The van der Waals surface area contributed by atoms with Gasteiger partial charge in [0.1, 0.15) is 5.69 Å². The van der Waals surface area contributed by atoms with Gasteiger partial charge in [0, 0.05) is 30.8 Å². The molecule has 0 aliphatic carbocycles. The molecule has 1 aromatic rings. The van der Waals surface area contributed by atoms with Gasteiger partial charge in [0.2, 0.25) is 5.91 Å². The maximum Gasteiger partial charge on any atom is 0.354 e. The van der Waals surface area contributed by atoms with Crippen LogP contribution in [0.25, 0.3) is 0 Å². The fourth-order valence-electron chi connectivity index (χ4n) is 3.61. The van der Waals surface area contributed by atoms with Crippen molar-refractivity contribution in [3.8, 4) is 0 Å². The minimum absolute atomic E-state index is 0.00822. The van der Waals surface area contributed by atoms with E-state index in [-0.39, 0.29) is 17.6 Å². The molecule has 0 fully saturated rings. The van der Waals surface area contributed by atoms with Crippen molar-refractivity contribution >= 4 is 17.7 Å². The van der Waals surface area contributed by atoms with Gasteiger partial charge in [0.05, 0.1) is 13.2 Å². The number of aromatic nitrogens is 1. The van der Waals surface area contributed by atoms with E-state index in [1.54, 1.807) is 23.3 Å². The Hall–Kier alpha value is -2.11. The highest BCUT2D eigenvalue weighted by Crippen LogP contribution is 2.26. The number of nitrogens with zero attached hydrogens (tertiary/aromatic N) is 2. The van der Waals surface area contributed by atoms with Crippen molar-refractivity contribution in [3.05, 3.63) is 22.5 Å². The number of rotatable bonds is 9. The van der Waals surface area contributed by atoms with Gasteiger partial charge in [-0.05, 0) is 45.6 Å². The van der Waals surface area contributed by atoms with Gasteiger partial charge in [0.25, 0.3) is 0 Å². The Morgan fingerprint density at radius 1 is 1.11 bits per heavy atom. The number of carbonyl (C=O) groups excluding carboxylic acids is 3. The highest BCUT2D eigenvalue weighted by atomic mass is 16.5. The van der Waals surface area contributed by atoms with E-state index in [2.05, 4.69) is 0 Å². The van der Waals surface area contributed by atoms with Gasteiger partial charge >= 0.3 is 5.97 Å². The predicted molar refractivity (Wildman–Crippen MR) is 106 cm³/mol. The van der Waals surface area contributed by atoms with Gasteiger partial charge in [-0.2, -0.15) is 0 Å². The molecule has 1 unspecified atom stereocenters. The molecule has 6 nitrogen and oxygen atoms in total. The molecule has 0 aliphatic heterocycles. The van der Waals surface area contributed by atoms with Crippen molar-refractivity contribution in [1.82, 2.24) is 9.47 Å². The summed E-state index contributed by atoms with van der Waals surface area (Å²) >= 11 is 0. The number of methoxy groups -OCH3 is 1. The molecular formula is C21H34N2O4. The van der Waals surface area contributed by atoms with Gasteiger partial charge in [-0.25, -0.2) is 4.79 Å². The number of amides is 1. The highest BCUT2D eigenvalue weighted by molar-refractivity contribution is 6.06. The highest BCUT2D eigenvalue weighted by Gasteiger charge is 2.32. The molecule has 1 amide bonds. The van der Waals surface area contributed by atoms with Gasteiger partial charge < -0.3 is 14.2 Å². The van der Waals surface area contributed by atoms with Crippen molar-refractivity contribution in [1.29, 1.82) is 0 Å². The first-order chi connectivity index (χ1) is 12.6. The number of esters is 1. The number of hydrogen-bond donors (Lipinski definition) is 0. The number of carbonyl (C=O) groups is 3. The van der Waals surface area contributed by atoms with E-state index in [9.17, 15) is 14.4 Å². The van der Waals surface area contributed by atoms with E-state index >= 15 is 0 Å². The van der Waals surface area contributed by atoms with Crippen molar-refractivity contribution < 1.29 is 19.1 Å². The Morgan fingerprint density at radius 2 is 1.70 bits per heavy atom. The molecule has 0 aliphatic rings. The molecule has 152 valence electrons. The second-order valence-corrected chi connectivity index (χ2v) is 7.40. The van der Waals surface area contributed by atoms with Crippen molar-refractivity contribution in [2.45, 2.75) is 73.9 Å². The Labute approximate surface area is 162 Å². The number of ketones is 1. The summed E-state index contributed by atoms with van der Waals surface area (Å²) in [6.45, 7) is 14.4. The standard InChI is InChI=1S/C21H34N2O4/c1-9-11-23(17(24)12-13(3)4)16(7)20(25)18-14(5)19(21(26)27-8)22(10-2)15(18)6/h13,16H,9-12H2,1-8H3. The topological polar surface area (TPSA) is 68.6 Å². The molecule has 1 atom stereocenters. The first-order valence-corrected chi connectivity index (χ1v) is 9.73. The Balaban J connectivity index is 3.36. The first-order valence-electron chi connectivity index (χ1n) is 9.73.